The molecule has 36 heavy (non-hydrogen) atoms. The predicted molar refractivity (Wildman–Crippen MR) is 137 cm³/mol. The highest BCUT2D eigenvalue weighted by molar-refractivity contribution is 5.75. The van der Waals surface area contributed by atoms with Crippen LogP contribution in [-0.2, 0) is 27.2 Å². The van der Waals surface area contributed by atoms with E-state index in [1.54, 1.807) is 27.4 Å². The van der Waals surface area contributed by atoms with E-state index in [9.17, 15) is 9.59 Å². The van der Waals surface area contributed by atoms with Crippen molar-refractivity contribution in [2.24, 2.45) is 11.8 Å². The van der Waals surface area contributed by atoms with Crippen molar-refractivity contribution in [3.8, 4) is 23.0 Å². The van der Waals surface area contributed by atoms with Crippen molar-refractivity contribution in [2.45, 2.75) is 58.3 Å². The van der Waals surface area contributed by atoms with Crippen LogP contribution in [0.3, 0.4) is 0 Å². The van der Waals surface area contributed by atoms with Gasteiger partial charge in [-0.25, -0.2) is 0 Å². The minimum Gasteiger partial charge on any atom is -0.493 e. The molecule has 1 fully saturated rings. The third-order valence-corrected chi connectivity index (χ3v) is 6.65. The van der Waals surface area contributed by atoms with E-state index in [0.717, 1.165) is 30.4 Å². The SMILES string of the molecule is CCCCCCCC(=O)Oc1ccc(C[C@H]2C(=O)OC[C@@H]2Cc2ccc(OC)c(OC)c2)cc1OC. The predicted octanol–water partition coefficient (Wildman–Crippen LogP) is 5.55. The van der Waals surface area contributed by atoms with Crippen molar-refractivity contribution >= 4 is 11.9 Å². The summed E-state index contributed by atoms with van der Waals surface area (Å²) in [5.41, 5.74) is 1.97. The molecule has 2 aromatic rings. The zero-order chi connectivity index (χ0) is 25.9. The van der Waals surface area contributed by atoms with E-state index in [0.29, 0.717) is 48.9 Å². The Morgan fingerprint density at radius 1 is 0.833 bits per heavy atom. The van der Waals surface area contributed by atoms with E-state index < -0.39 is 0 Å². The Morgan fingerprint density at radius 2 is 1.44 bits per heavy atom. The number of hydrogen-bond acceptors (Lipinski definition) is 7. The second-order valence-corrected chi connectivity index (χ2v) is 9.22. The maximum Gasteiger partial charge on any atom is 0.311 e. The van der Waals surface area contributed by atoms with Crippen LogP contribution in [0, 0.1) is 11.8 Å². The Kier molecular flexibility index (Phi) is 10.5. The van der Waals surface area contributed by atoms with E-state index in [2.05, 4.69) is 6.92 Å². The van der Waals surface area contributed by atoms with Crippen molar-refractivity contribution < 1.29 is 33.3 Å². The molecule has 1 aliphatic rings. The first-order chi connectivity index (χ1) is 17.5. The first-order valence-electron chi connectivity index (χ1n) is 12.7. The molecule has 7 heteroatoms. The standard InChI is InChI=1S/C29H38O7/c1-5-6-7-8-9-10-28(30)36-25-14-12-21(18-27(25)34-4)16-23-22(19-35-29(23)31)15-20-11-13-24(32-2)26(17-20)33-3/h11-14,17-18,22-23H,5-10,15-16,19H2,1-4H3/t22-,23+/m0/s1. The van der Waals surface area contributed by atoms with Gasteiger partial charge in [0.1, 0.15) is 0 Å². The Hall–Kier alpha value is -3.22. The second kappa shape index (κ2) is 13.8. The number of methoxy groups -OCH3 is 3. The largest absolute Gasteiger partial charge is 0.493 e. The van der Waals surface area contributed by atoms with Gasteiger partial charge in [-0.05, 0) is 54.7 Å². The van der Waals surface area contributed by atoms with Gasteiger partial charge in [-0.3, -0.25) is 9.59 Å². The number of benzene rings is 2. The lowest BCUT2D eigenvalue weighted by Gasteiger charge is -2.17. The molecule has 0 N–H and O–H groups in total. The Balaban J connectivity index is 1.63. The lowest BCUT2D eigenvalue weighted by atomic mass is 9.85. The summed E-state index contributed by atoms with van der Waals surface area (Å²) in [4.78, 5) is 24.8. The molecule has 0 radical (unpaired) electrons. The normalized spacial score (nSPS) is 16.9. The quantitative estimate of drug-likeness (QED) is 0.192. The molecule has 0 bridgehead atoms. The van der Waals surface area contributed by atoms with E-state index in [1.807, 2.05) is 30.3 Å². The number of esters is 2. The molecule has 0 aliphatic carbocycles. The van der Waals surface area contributed by atoms with Gasteiger partial charge in [-0.1, -0.05) is 44.7 Å². The Labute approximate surface area is 214 Å². The van der Waals surface area contributed by atoms with Crippen LogP contribution in [0.1, 0.15) is 56.6 Å². The van der Waals surface area contributed by atoms with E-state index in [4.69, 9.17) is 23.7 Å². The average Bonchev–Trinajstić information content (AvgIpc) is 3.23. The van der Waals surface area contributed by atoms with Crippen molar-refractivity contribution in [3.63, 3.8) is 0 Å². The van der Waals surface area contributed by atoms with Crippen LogP contribution >= 0.6 is 0 Å². The Morgan fingerprint density at radius 3 is 2.11 bits per heavy atom. The lowest BCUT2D eigenvalue weighted by Crippen LogP contribution is -2.20. The molecule has 0 unspecified atom stereocenters. The van der Waals surface area contributed by atoms with Gasteiger partial charge in [0.25, 0.3) is 0 Å². The third kappa shape index (κ3) is 7.39. The van der Waals surface area contributed by atoms with Gasteiger partial charge in [0, 0.05) is 12.3 Å². The van der Waals surface area contributed by atoms with E-state index >= 15 is 0 Å². The second-order valence-electron chi connectivity index (χ2n) is 9.22. The molecule has 196 valence electrons. The summed E-state index contributed by atoms with van der Waals surface area (Å²) in [6, 6.07) is 11.3. The van der Waals surface area contributed by atoms with Crippen LogP contribution < -0.4 is 18.9 Å². The Bertz CT molecular complexity index is 1020. The number of carbonyl (C=O) groups excluding carboxylic acids is 2. The van der Waals surface area contributed by atoms with Crippen molar-refractivity contribution in [1.82, 2.24) is 0 Å². The molecule has 7 nitrogen and oxygen atoms in total. The fourth-order valence-corrected chi connectivity index (χ4v) is 4.59. The third-order valence-electron chi connectivity index (χ3n) is 6.65. The van der Waals surface area contributed by atoms with Crippen LogP contribution in [0.4, 0.5) is 0 Å². The lowest BCUT2D eigenvalue weighted by molar-refractivity contribution is -0.141. The maximum absolute atomic E-state index is 12.6. The molecule has 1 saturated heterocycles. The summed E-state index contributed by atoms with van der Waals surface area (Å²) in [5.74, 6) is 1.51. The highest BCUT2D eigenvalue weighted by Gasteiger charge is 2.37. The van der Waals surface area contributed by atoms with Gasteiger partial charge < -0.3 is 23.7 Å². The molecule has 3 rings (SSSR count). The van der Waals surface area contributed by atoms with Crippen LogP contribution in [0.5, 0.6) is 23.0 Å². The summed E-state index contributed by atoms with van der Waals surface area (Å²) in [5, 5.41) is 0. The van der Waals surface area contributed by atoms with Crippen molar-refractivity contribution in [2.75, 3.05) is 27.9 Å². The first-order valence-corrected chi connectivity index (χ1v) is 12.7. The highest BCUT2D eigenvalue weighted by atomic mass is 16.6. The van der Waals surface area contributed by atoms with Gasteiger partial charge in [0.05, 0.1) is 33.9 Å². The topological polar surface area (TPSA) is 80.3 Å². The highest BCUT2D eigenvalue weighted by Crippen LogP contribution is 2.35. The molecule has 0 aromatic heterocycles. The van der Waals surface area contributed by atoms with Crippen molar-refractivity contribution in [1.29, 1.82) is 0 Å². The molecule has 0 amide bonds. The molecule has 0 saturated carbocycles. The average molecular weight is 499 g/mol. The van der Waals surface area contributed by atoms with Crippen molar-refractivity contribution in [3.05, 3.63) is 47.5 Å². The minimum atomic E-state index is -0.278. The molecule has 2 atom stereocenters. The summed E-state index contributed by atoms with van der Waals surface area (Å²) >= 11 is 0. The number of carbonyl (C=O) groups is 2. The minimum absolute atomic E-state index is 0.0341. The summed E-state index contributed by atoms with van der Waals surface area (Å²) in [6.07, 6.45) is 6.93. The summed E-state index contributed by atoms with van der Waals surface area (Å²) < 4.78 is 27.2. The number of unbranched alkanes of at least 4 members (excludes halogenated alkanes) is 4. The maximum atomic E-state index is 12.6. The first kappa shape index (κ1) is 27.4. The molecular weight excluding hydrogens is 460 g/mol. The van der Waals surface area contributed by atoms with Crippen LogP contribution in [0.2, 0.25) is 0 Å². The number of ether oxygens (including phenoxy) is 5. The molecule has 1 aliphatic heterocycles. The summed E-state index contributed by atoms with van der Waals surface area (Å²) in [6.45, 7) is 2.54. The van der Waals surface area contributed by atoms with E-state index in [-0.39, 0.29) is 23.8 Å². The smallest absolute Gasteiger partial charge is 0.311 e. The molecule has 1 heterocycles. The zero-order valence-corrected chi connectivity index (χ0v) is 21.8. The fraction of sp³-hybridized carbons (Fsp3) is 0.517. The molecule has 0 spiro atoms. The van der Waals surface area contributed by atoms with Gasteiger partial charge in [-0.15, -0.1) is 0 Å². The number of cyclic esters (lactones) is 1. The van der Waals surface area contributed by atoms with Gasteiger partial charge in [0.2, 0.25) is 0 Å². The molecular formula is C29H38O7. The number of hydrogen-bond donors (Lipinski definition) is 0. The van der Waals surface area contributed by atoms with Crippen LogP contribution in [0.15, 0.2) is 36.4 Å². The zero-order valence-electron chi connectivity index (χ0n) is 21.8. The molecule has 2 aromatic carbocycles. The van der Waals surface area contributed by atoms with Gasteiger partial charge in [0.15, 0.2) is 23.0 Å². The monoisotopic (exact) mass is 498 g/mol. The van der Waals surface area contributed by atoms with Crippen LogP contribution in [0.25, 0.3) is 0 Å². The summed E-state index contributed by atoms with van der Waals surface area (Å²) in [7, 11) is 4.76. The van der Waals surface area contributed by atoms with Crippen LogP contribution in [-0.4, -0.2) is 39.9 Å². The fourth-order valence-electron chi connectivity index (χ4n) is 4.59. The van der Waals surface area contributed by atoms with Gasteiger partial charge >= 0.3 is 11.9 Å². The van der Waals surface area contributed by atoms with E-state index in [1.165, 1.54) is 12.8 Å². The van der Waals surface area contributed by atoms with Gasteiger partial charge in [-0.2, -0.15) is 0 Å². The number of rotatable bonds is 14.